The molecule has 2 N–H and O–H groups in total. The number of benzene rings is 1. The summed E-state index contributed by atoms with van der Waals surface area (Å²) in [6, 6.07) is 11.9. The molecule has 3 rings (SSSR count). The van der Waals surface area contributed by atoms with Crippen LogP contribution < -0.4 is 10.6 Å². The smallest absolute Gasteiger partial charge is 0.191 e. The van der Waals surface area contributed by atoms with Crippen molar-refractivity contribution in [2.24, 2.45) is 10.9 Å². The molecule has 1 heterocycles. The molecular weight excluding hydrogens is 284 g/mol. The molecule has 1 saturated heterocycles. The Balaban J connectivity index is 1.53. The fraction of sp³-hybridized carbons (Fsp3) is 0.632. The molecular formula is C19H30N4. The molecule has 0 spiro atoms. The van der Waals surface area contributed by atoms with Gasteiger partial charge in [-0.25, -0.2) is 0 Å². The highest BCUT2D eigenvalue weighted by Gasteiger charge is 2.29. The number of aliphatic imine (C=N–C) groups is 1. The third-order valence-electron chi connectivity index (χ3n) is 4.82. The van der Waals surface area contributed by atoms with Crippen LogP contribution in [0.25, 0.3) is 0 Å². The Morgan fingerprint density at radius 1 is 1.26 bits per heavy atom. The third-order valence-corrected chi connectivity index (χ3v) is 4.82. The zero-order valence-electron chi connectivity index (χ0n) is 14.5. The van der Waals surface area contributed by atoms with Crippen molar-refractivity contribution in [2.45, 2.75) is 51.7 Å². The van der Waals surface area contributed by atoms with Crippen LogP contribution in [0.4, 0.5) is 0 Å². The molecule has 0 aromatic heterocycles. The van der Waals surface area contributed by atoms with Crippen LogP contribution in [0.3, 0.4) is 0 Å². The molecule has 2 aliphatic rings. The number of nitrogens with zero attached hydrogens (tertiary/aromatic N) is 2. The van der Waals surface area contributed by atoms with Crippen LogP contribution in [0, 0.1) is 5.92 Å². The van der Waals surface area contributed by atoms with E-state index in [4.69, 9.17) is 4.99 Å². The summed E-state index contributed by atoms with van der Waals surface area (Å²) in [7, 11) is 0. The van der Waals surface area contributed by atoms with E-state index in [9.17, 15) is 0 Å². The number of likely N-dealkylation sites (tertiary alicyclic amines) is 1. The summed E-state index contributed by atoms with van der Waals surface area (Å²) >= 11 is 0. The van der Waals surface area contributed by atoms with Gasteiger partial charge in [0.2, 0.25) is 0 Å². The summed E-state index contributed by atoms with van der Waals surface area (Å²) in [6.45, 7) is 8.49. The van der Waals surface area contributed by atoms with Gasteiger partial charge in [0.15, 0.2) is 5.96 Å². The molecule has 1 saturated carbocycles. The van der Waals surface area contributed by atoms with Gasteiger partial charge in [0.25, 0.3) is 0 Å². The van der Waals surface area contributed by atoms with Gasteiger partial charge >= 0.3 is 0 Å². The lowest BCUT2D eigenvalue weighted by atomic mass is 10.2. The fourth-order valence-corrected chi connectivity index (χ4v) is 3.28. The average Bonchev–Trinajstić information content (AvgIpc) is 3.31. The van der Waals surface area contributed by atoms with E-state index in [1.807, 2.05) is 0 Å². The van der Waals surface area contributed by atoms with Crippen LogP contribution in [0.5, 0.6) is 0 Å². The Morgan fingerprint density at radius 2 is 2.04 bits per heavy atom. The lowest BCUT2D eigenvalue weighted by Crippen LogP contribution is -2.44. The molecule has 2 unspecified atom stereocenters. The van der Waals surface area contributed by atoms with Gasteiger partial charge in [-0.05, 0) is 44.6 Å². The van der Waals surface area contributed by atoms with Crippen molar-refractivity contribution in [3.8, 4) is 0 Å². The second-order valence-corrected chi connectivity index (χ2v) is 7.00. The predicted molar refractivity (Wildman–Crippen MR) is 96.6 cm³/mol. The molecule has 2 atom stereocenters. The van der Waals surface area contributed by atoms with E-state index in [0.717, 1.165) is 38.1 Å². The van der Waals surface area contributed by atoms with Gasteiger partial charge in [-0.2, -0.15) is 0 Å². The highest BCUT2D eigenvalue weighted by molar-refractivity contribution is 5.80. The van der Waals surface area contributed by atoms with Crippen LogP contribution in [-0.2, 0) is 6.54 Å². The minimum Gasteiger partial charge on any atom is -0.357 e. The normalized spacial score (nSPS) is 25.6. The number of rotatable bonds is 6. The summed E-state index contributed by atoms with van der Waals surface area (Å²) < 4.78 is 0. The van der Waals surface area contributed by atoms with Gasteiger partial charge in [0, 0.05) is 38.3 Å². The number of guanidine groups is 1. The van der Waals surface area contributed by atoms with E-state index in [1.165, 1.54) is 24.8 Å². The summed E-state index contributed by atoms with van der Waals surface area (Å²) in [5, 5.41) is 7.04. The van der Waals surface area contributed by atoms with E-state index in [1.54, 1.807) is 0 Å². The van der Waals surface area contributed by atoms with Crippen molar-refractivity contribution in [3.63, 3.8) is 0 Å². The van der Waals surface area contributed by atoms with Gasteiger partial charge in [0.05, 0.1) is 0 Å². The number of nitrogens with one attached hydrogen (secondary N) is 2. The quantitative estimate of drug-likeness (QED) is 0.626. The number of hydrogen-bond acceptors (Lipinski definition) is 2. The Morgan fingerprint density at radius 3 is 2.74 bits per heavy atom. The molecule has 2 fully saturated rings. The van der Waals surface area contributed by atoms with Crippen LogP contribution in [0.15, 0.2) is 35.3 Å². The van der Waals surface area contributed by atoms with Crippen LogP contribution in [0.2, 0.25) is 0 Å². The molecule has 1 aliphatic heterocycles. The molecule has 126 valence electrons. The van der Waals surface area contributed by atoms with Crippen molar-refractivity contribution in [1.29, 1.82) is 0 Å². The van der Waals surface area contributed by atoms with Crippen LogP contribution in [0.1, 0.15) is 38.7 Å². The van der Waals surface area contributed by atoms with Crippen molar-refractivity contribution < 1.29 is 0 Å². The SMILES string of the molecule is CCNC(=NCC1CC1)NC1CC(C)N(Cc2ccccc2)C1. The first-order valence-electron chi connectivity index (χ1n) is 9.07. The minimum atomic E-state index is 0.491. The lowest BCUT2D eigenvalue weighted by Gasteiger charge is -2.21. The van der Waals surface area contributed by atoms with Crippen molar-refractivity contribution in [3.05, 3.63) is 35.9 Å². The molecule has 1 aromatic carbocycles. The maximum atomic E-state index is 4.75. The predicted octanol–water partition coefficient (Wildman–Crippen LogP) is 2.61. The van der Waals surface area contributed by atoms with E-state index in [2.05, 4.69) is 59.7 Å². The molecule has 1 aromatic rings. The Bertz CT molecular complexity index is 509. The maximum absolute atomic E-state index is 4.75. The minimum absolute atomic E-state index is 0.491. The van der Waals surface area contributed by atoms with Crippen molar-refractivity contribution in [1.82, 2.24) is 15.5 Å². The standard InChI is InChI=1S/C19H30N4/c1-3-20-19(21-12-16-9-10-16)22-18-11-15(2)23(14-18)13-17-7-5-4-6-8-17/h4-8,15-16,18H,3,9-14H2,1-2H3,(H2,20,21,22). The number of hydrogen-bond donors (Lipinski definition) is 2. The average molecular weight is 314 g/mol. The van der Waals surface area contributed by atoms with E-state index >= 15 is 0 Å². The Labute approximate surface area is 140 Å². The Kier molecular flexibility index (Phi) is 5.55. The monoisotopic (exact) mass is 314 g/mol. The van der Waals surface area contributed by atoms with Gasteiger partial charge in [-0.1, -0.05) is 30.3 Å². The highest BCUT2D eigenvalue weighted by Crippen LogP contribution is 2.28. The molecule has 1 aliphatic carbocycles. The summed E-state index contributed by atoms with van der Waals surface area (Å²) in [5.41, 5.74) is 1.40. The lowest BCUT2D eigenvalue weighted by molar-refractivity contribution is 0.258. The van der Waals surface area contributed by atoms with E-state index in [0.29, 0.717) is 12.1 Å². The topological polar surface area (TPSA) is 39.7 Å². The van der Waals surface area contributed by atoms with Gasteiger partial charge in [0.1, 0.15) is 0 Å². The highest BCUT2D eigenvalue weighted by atomic mass is 15.3. The molecule has 0 radical (unpaired) electrons. The van der Waals surface area contributed by atoms with Crippen LogP contribution >= 0.6 is 0 Å². The van der Waals surface area contributed by atoms with Gasteiger partial charge < -0.3 is 10.6 Å². The van der Waals surface area contributed by atoms with Crippen LogP contribution in [-0.4, -0.2) is 42.6 Å². The third kappa shape index (κ3) is 4.96. The summed E-state index contributed by atoms with van der Waals surface area (Å²) in [5.74, 6) is 1.83. The zero-order valence-corrected chi connectivity index (χ0v) is 14.5. The van der Waals surface area contributed by atoms with E-state index < -0.39 is 0 Å². The van der Waals surface area contributed by atoms with E-state index in [-0.39, 0.29) is 0 Å². The molecule has 0 bridgehead atoms. The van der Waals surface area contributed by atoms with Gasteiger partial charge in [-0.15, -0.1) is 0 Å². The molecule has 4 nitrogen and oxygen atoms in total. The first-order chi connectivity index (χ1) is 11.2. The summed E-state index contributed by atoms with van der Waals surface area (Å²) in [6.07, 6.45) is 3.89. The fourth-order valence-electron chi connectivity index (χ4n) is 3.28. The zero-order chi connectivity index (χ0) is 16.1. The Hall–Kier alpha value is -1.55. The molecule has 0 amide bonds. The molecule has 4 heteroatoms. The summed E-state index contributed by atoms with van der Waals surface area (Å²) in [4.78, 5) is 7.32. The molecule has 23 heavy (non-hydrogen) atoms. The van der Waals surface area contributed by atoms with Crippen molar-refractivity contribution >= 4 is 5.96 Å². The largest absolute Gasteiger partial charge is 0.357 e. The first-order valence-corrected chi connectivity index (χ1v) is 9.07. The van der Waals surface area contributed by atoms with Gasteiger partial charge in [-0.3, -0.25) is 9.89 Å². The maximum Gasteiger partial charge on any atom is 0.191 e. The first kappa shape index (κ1) is 16.3. The van der Waals surface area contributed by atoms with Crippen molar-refractivity contribution in [2.75, 3.05) is 19.6 Å². The second-order valence-electron chi connectivity index (χ2n) is 7.00. The second kappa shape index (κ2) is 7.82.